The number of pyridine rings is 2. The fraction of sp³-hybridized carbons (Fsp3) is 0.0625. The quantitative estimate of drug-likeness (QED) is 0.246. The van der Waals surface area contributed by atoms with E-state index >= 15 is 0 Å². The van der Waals surface area contributed by atoms with E-state index in [0.717, 1.165) is 37.7 Å². The summed E-state index contributed by atoms with van der Waals surface area (Å²) in [6, 6.07) is 32.2. The maximum atomic E-state index is 10.3. The van der Waals surface area contributed by atoms with E-state index < -0.39 is 14.8 Å². The van der Waals surface area contributed by atoms with Crippen LogP contribution in [0.15, 0.2) is 103 Å². The van der Waals surface area contributed by atoms with Gasteiger partial charge in [-0.15, -0.1) is 0 Å². The minimum absolute atomic E-state index is 0.140. The van der Waals surface area contributed by atoms with Gasteiger partial charge in [0, 0.05) is 37.7 Å². The molecule has 0 amide bonds. The molecule has 0 saturated carbocycles. The van der Waals surface area contributed by atoms with E-state index in [1.807, 2.05) is 98.8 Å². The van der Waals surface area contributed by atoms with Crippen LogP contribution in [0, 0.1) is 13.8 Å². The van der Waals surface area contributed by atoms with Crippen LogP contribution in [0.25, 0.3) is 32.9 Å². The fourth-order valence-corrected chi connectivity index (χ4v) is 6.62. The van der Waals surface area contributed by atoms with Crippen LogP contribution < -0.4 is 12.0 Å². The number of aromatic hydroxyl groups is 2. The lowest BCUT2D eigenvalue weighted by Gasteiger charge is -2.21. The molecule has 7 heteroatoms. The van der Waals surface area contributed by atoms with E-state index in [4.69, 9.17) is 17.5 Å². The third kappa shape index (κ3) is 4.86. The molecule has 0 saturated heterocycles. The zero-order valence-electron chi connectivity index (χ0n) is 21.5. The van der Waals surface area contributed by atoms with Crippen LogP contribution in [0.3, 0.4) is 0 Å². The first-order valence-corrected chi connectivity index (χ1v) is 14.2. The standard InChI is InChI=1S/C16H13NO2.C10H8NO.C6H6O.Al/c1-10-13(12-6-2-3-7-14(12)18)9-11-5-4-8-15(19)16(11)17-10;1-7-5-6-8-3-2-4-9(12)10(8)11-7;7-6-4-2-1-3-5-6;/h2-9,18-19H,1H3;2-4,6,12H,1H3;1-5,7H;/q;;;+2/p-2. The number of hydrogen-bond donors (Lipinski definition) is 2. The van der Waals surface area contributed by atoms with E-state index in [2.05, 4.69) is 0 Å². The van der Waals surface area contributed by atoms with Gasteiger partial charge in [-0.05, 0) is 50.2 Å². The highest BCUT2D eigenvalue weighted by Gasteiger charge is 2.39. The summed E-state index contributed by atoms with van der Waals surface area (Å²) in [6.07, 6.45) is 0. The second-order valence-corrected chi connectivity index (χ2v) is 11.1. The van der Waals surface area contributed by atoms with Gasteiger partial charge in [-0.25, -0.2) is 4.98 Å². The Bertz CT molecular complexity index is 1830. The zero-order chi connectivity index (χ0) is 26.9. The van der Waals surface area contributed by atoms with Gasteiger partial charge in [-0.1, -0.05) is 66.7 Å². The van der Waals surface area contributed by atoms with Gasteiger partial charge in [0.15, 0.2) is 0 Å². The monoisotopic (exact) mass is 528 g/mol. The predicted octanol–water partition coefficient (Wildman–Crippen LogP) is 6.33. The largest absolute Gasteiger partial charge is 0.903 e. The van der Waals surface area contributed by atoms with Gasteiger partial charge in [0.05, 0.1) is 11.5 Å². The van der Waals surface area contributed by atoms with Gasteiger partial charge in [0.2, 0.25) is 0 Å². The molecule has 2 N–H and O–H groups in total. The van der Waals surface area contributed by atoms with Gasteiger partial charge in [-0.2, -0.15) is 0 Å². The van der Waals surface area contributed by atoms with Crippen LogP contribution in [-0.2, 0) is 0 Å². The summed E-state index contributed by atoms with van der Waals surface area (Å²) in [4.78, 5) is 9.40. The predicted molar refractivity (Wildman–Crippen MR) is 155 cm³/mol. The lowest BCUT2D eigenvalue weighted by Crippen LogP contribution is -2.44. The number of phenols is 2. The van der Waals surface area contributed by atoms with E-state index in [0.29, 0.717) is 22.5 Å². The van der Waals surface area contributed by atoms with Crippen LogP contribution in [0.2, 0.25) is 0 Å². The Morgan fingerprint density at radius 2 is 1.21 bits per heavy atom. The Balaban J connectivity index is 1.47. The normalized spacial score (nSPS) is 11.0. The van der Waals surface area contributed by atoms with Crippen LogP contribution in [0.1, 0.15) is 11.4 Å². The molecule has 0 unspecified atom stereocenters. The number of phenolic OH excluding ortho intramolecular Hbond substituents is 2. The van der Waals surface area contributed by atoms with Crippen molar-refractivity contribution in [2.45, 2.75) is 13.8 Å². The third-order valence-corrected chi connectivity index (χ3v) is 8.77. The van der Waals surface area contributed by atoms with Crippen molar-refractivity contribution in [3.8, 4) is 34.1 Å². The van der Waals surface area contributed by atoms with Crippen LogP contribution in [0.5, 0.6) is 23.0 Å². The lowest BCUT2D eigenvalue weighted by molar-refractivity contribution is 0.439. The first-order chi connectivity index (χ1) is 19.0. The Hall–Kier alpha value is -4.57. The van der Waals surface area contributed by atoms with Crippen molar-refractivity contribution in [1.29, 1.82) is 0 Å². The van der Waals surface area contributed by atoms with E-state index in [1.165, 1.54) is 0 Å². The number of nitrogens with zero attached hydrogens (tertiary/aromatic N) is 2. The molecule has 190 valence electrons. The fourth-order valence-electron chi connectivity index (χ4n) is 4.76. The second-order valence-electron chi connectivity index (χ2n) is 9.36. The Kier molecular flexibility index (Phi) is 6.54. The molecule has 0 fully saturated rings. The number of para-hydroxylation sites is 4. The maximum absolute atomic E-state index is 10.3. The summed E-state index contributed by atoms with van der Waals surface area (Å²) < 4.78 is 14.2. The van der Waals surface area contributed by atoms with E-state index in [-0.39, 0.29) is 11.5 Å². The van der Waals surface area contributed by atoms with Gasteiger partial charge in [0.1, 0.15) is 22.5 Å². The molecule has 39 heavy (non-hydrogen) atoms. The number of aryl methyl sites for hydroxylation is 2. The van der Waals surface area contributed by atoms with Gasteiger partial charge in [0.25, 0.3) is 0 Å². The highest BCUT2D eigenvalue weighted by Crippen LogP contribution is 2.35. The Labute approximate surface area is 230 Å². The van der Waals surface area contributed by atoms with Crippen LogP contribution in [0.4, 0.5) is 0 Å². The number of rotatable bonds is 6. The average molecular weight is 529 g/mol. The summed E-state index contributed by atoms with van der Waals surface area (Å²) in [7, 11) is 0. The molecule has 2 heterocycles. The Morgan fingerprint density at radius 1 is 0.590 bits per heavy atom. The molecule has 0 bridgehead atoms. The summed E-state index contributed by atoms with van der Waals surface area (Å²) in [6.45, 7) is 3.84. The molecule has 6 nitrogen and oxygen atoms in total. The maximum Gasteiger partial charge on any atom is 0.903 e. The molecule has 0 spiro atoms. The van der Waals surface area contributed by atoms with Crippen molar-refractivity contribution < 1.29 is 17.8 Å². The summed E-state index contributed by atoms with van der Waals surface area (Å²) >= 11 is -2.64. The molecular weight excluding hydrogens is 503 g/mol. The number of hydrogen-bond acceptors (Lipinski definition) is 6. The van der Waals surface area contributed by atoms with Gasteiger partial charge < -0.3 is 17.8 Å². The van der Waals surface area contributed by atoms with Gasteiger partial charge >= 0.3 is 14.8 Å². The van der Waals surface area contributed by atoms with Crippen LogP contribution >= 0.6 is 0 Å². The minimum atomic E-state index is -2.64. The topological polar surface area (TPSA) is 84.7 Å². The summed E-state index contributed by atoms with van der Waals surface area (Å²) in [5.74, 6) is 1.67. The first kappa shape index (κ1) is 24.8. The van der Waals surface area contributed by atoms with Crippen molar-refractivity contribution in [3.05, 3.63) is 115 Å². The third-order valence-electron chi connectivity index (χ3n) is 6.72. The molecule has 0 radical (unpaired) electrons. The molecule has 6 rings (SSSR count). The molecular formula is C32H25AlN2O4. The SMILES string of the molecule is Cc1nc2c(O)cccc2cc1-c1ccccc1[O][Al]([O]c1ccccc1)[c]1cc2cccc(O)c2nc1C. The molecule has 0 aliphatic carbocycles. The van der Waals surface area contributed by atoms with Crippen molar-refractivity contribution in [2.75, 3.05) is 0 Å². The highest BCUT2D eigenvalue weighted by molar-refractivity contribution is 6.63. The molecule has 0 aliphatic heterocycles. The zero-order valence-corrected chi connectivity index (χ0v) is 22.7. The number of aromatic nitrogens is 2. The molecule has 0 aliphatic rings. The summed E-state index contributed by atoms with van der Waals surface area (Å²) in [5.41, 5.74) is 4.43. The minimum Gasteiger partial charge on any atom is -0.608 e. The van der Waals surface area contributed by atoms with Crippen molar-refractivity contribution >= 4 is 41.0 Å². The molecule has 2 aromatic heterocycles. The van der Waals surface area contributed by atoms with Crippen molar-refractivity contribution in [1.82, 2.24) is 9.97 Å². The average Bonchev–Trinajstić information content (AvgIpc) is 2.94. The second kappa shape index (κ2) is 10.3. The smallest absolute Gasteiger partial charge is 0.608 e. The first-order valence-electron chi connectivity index (χ1n) is 12.6. The van der Waals surface area contributed by atoms with Crippen molar-refractivity contribution in [3.63, 3.8) is 0 Å². The summed E-state index contributed by atoms with van der Waals surface area (Å²) in [5, 5.41) is 22.3. The molecule has 6 aromatic rings. The molecule has 0 atom stereocenters. The van der Waals surface area contributed by atoms with E-state index in [1.54, 1.807) is 18.2 Å². The van der Waals surface area contributed by atoms with Crippen LogP contribution in [-0.4, -0.2) is 35.0 Å². The number of fused-ring (bicyclic) bond motifs is 2. The molecule has 4 aromatic carbocycles. The number of benzene rings is 4. The van der Waals surface area contributed by atoms with Gasteiger partial charge in [-0.3, -0.25) is 4.98 Å². The van der Waals surface area contributed by atoms with Crippen molar-refractivity contribution in [2.24, 2.45) is 0 Å². The highest BCUT2D eigenvalue weighted by atomic mass is 27.2. The van der Waals surface area contributed by atoms with E-state index in [9.17, 15) is 10.2 Å². The Morgan fingerprint density at radius 3 is 1.92 bits per heavy atom. The lowest BCUT2D eigenvalue weighted by atomic mass is 10.0.